The lowest BCUT2D eigenvalue weighted by Gasteiger charge is -2.14. The average molecular weight is 317 g/mol. The molecule has 2 aromatic rings. The Morgan fingerprint density at radius 1 is 1.48 bits per heavy atom. The van der Waals surface area contributed by atoms with Crippen molar-refractivity contribution in [3.63, 3.8) is 0 Å². The molecule has 1 unspecified atom stereocenters. The number of nitrogens with zero attached hydrogens (tertiary/aromatic N) is 4. The molecule has 1 atom stereocenters. The summed E-state index contributed by atoms with van der Waals surface area (Å²) >= 11 is 0. The fourth-order valence-corrected chi connectivity index (χ4v) is 2.54. The number of aromatic nitrogens is 3. The van der Waals surface area contributed by atoms with Gasteiger partial charge < -0.3 is 14.7 Å². The van der Waals surface area contributed by atoms with Crippen molar-refractivity contribution in [3.05, 3.63) is 24.2 Å². The molecule has 0 aliphatic carbocycles. The van der Waals surface area contributed by atoms with Gasteiger partial charge in [0.1, 0.15) is 5.76 Å². The number of nitrogens with one attached hydrogen (secondary N) is 1. The molecular weight excluding hydrogens is 298 g/mol. The van der Waals surface area contributed by atoms with Crippen LogP contribution in [0.4, 0.5) is 11.5 Å². The van der Waals surface area contributed by atoms with Gasteiger partial charge in [0.05, 0.1) is 17.8 Å². The van der Waals surface area contributed by atoms with E-state index in [-0.39, 0.29) is 24.3 Å². The Hall–Kier alpha value is -2.64. The van der Waals surface area contributed by atoms with E-state index in [1.165, 1.54) is 0 Å². The van der Waals surface area contributed by atoms with Gasteiger partial charge in [0.2, 0.25) is 11.8 Å². The zero-order valence-corrected chi connectivity index (χ0v) is 13.3. The van der Waals surface area contributed by atoms with Crippen molar-refractivity contribution in [2.75, 3.05) is 16.8 Å². The first-order chi connectivity index (χ1) is 10.9. The van der Waals surface area contributed by atoms with Crippen LogP contribution in [0, 0.1) is 12.8 Å². The van der Waals surface area contributed by atoms with Crippen LogP contribution in [0.15, 0.2) is 23.0 Å². The first-order valence-electron chi connectivity index (χ1n) is 7.52. The molecule has 1 fully saturated rings. The van der Waals surface area contributed by atoms with E-state index in [9.17, 15) is 9.59 Å². The standard InChI is InChI=1S/C15H19N5O3/c1-9(2)20-8-12(6-16-20)19-7-11(5-14(19)21)15(22)17-13-4-10(3)23-18-13/h4,6,8-9,11H,5,7H2,1-3H3,(H,17,18,22). The SMILES string of the molecule is Cc1cc(NC(=O)C2CC(=O)N(c3cnn(C(C)C)c3)C2)no1. The van der Waals surface area contributed by atoms with Crippen molar-refractivity contribution in [3.8, 4) is 0 Å². The molecule has 1 aliphatic rings. The predicted molar refractivity (Wildman–Crippen MR) is 82.9 cm³/mol. The monoisotopic (exact) mass is 317 g/mol. The fourth-order valence-electron chi connectivity index (χ4n) is 2.54. The van der Waals surface area contributed by atoms with Crippen LogP contribution < -0.4 is 10.2 Å². The predicted octanol–water partition coefficient (Wildman–Crippen LogP) is 1.75. The van der Waals surface area contributed by atoms with E-state index in [1.54, 1.807) is 28.8 Å². The number of rotatable bonds is 4. The summed E-state index contributed by atoms with van der Waals surface area (Å²) in [6, 6.07) is 1.86. The summed E-state index contributed by atoms with van der Waals surface area (Å²) in [6.45, 7) is 6.11. The van der Waals surface area contributed by atoms with Gasteiger partial charge in [-0.2, -0.15) is 5.10 Å². The zero-order valence-electron chi connectivity index (χ0n) is 13.3. The van der Waals surface area contributed by atoms with Crippen molar-refractivity contribution in [1.82, 2.24) is 14.9 Å². The molecule has 8 heteroatoms. The molecule has 3 rings (SSSR count). The van der Waals surface area contributed by atoms with Gasteiger partial charge in [0.25, 0.3) is 0 Å². The van der Waals surface area contributed by atoms with Crippen LogP contribution in [0.25, 0.3) is 0 Å². The number of carbonyl (C=O) groups excluding carboxylic acids is 2. The highest BCUT2D eigenvalue weighted by Gasteiger charge is 2.36. The number of anilines is 2. The number of hydrogen-bond acceptors (Lipinski definition) is 5. The molecule has 2 aromatic heterocycles. The molecule has 0 spiro atoms. The number of aryl methyl sites for hydroxylation is 1. The maximum absolute atomic E-state index is 12.3. The molecule has 1 saturated heterocycles. The maximum Gasteiger partial charge on any atom is 0.231 e. The lowest BCUT2D eigenvalue weighted by molar-refractivity contribution is -0.122. The van der Waals surface area contributed by atoms with Crippen LogP contribution in [0.3, 0.4) is 0 Å². The van der Waals surface area contributed by atoms with Gasteiger partial charge in [-0.15, -0.1) is 0 Å². The van der Waals surface area contributed by atoms with Gasteiger partial charge in [-0.25, -0.2) is 0 Å². The minimum Gasteiger partial charge on any atom is -0.360 e. The summed E-state index contributed by atoms with van der Waals surface area (Å²) in [7, 11) is 0. The van der Waals surface area contributed by atoms with E-state index in [4.69, 9.17) is 4.52 Å². The van der Waals surface area contributed by atoms with E-state index in [0.717, 1.165) is 5.69 Å². The van der Waals surface area contributed by atoms with E-state index in [1.807, 2.05) is 20.0 Å². The van der Waals surface area contributed by atoms with E-state index < -0.39 is 5.92 Å². The fraction of sp³-hybridized carbons (Fsp3) is 0.467. The summed E-state index contributed by atoms with van der Waals surface area (Å²) in [5, 5.41) is 10.6. The van der Waals surface area contributed by atoms with Crippen molar-refractivity contribution >= 4 is 23.3 Å². The summed E-state index contributed by atoms with van der Waals surface area (Å²) in [6.07, 6.45) is 3.65. The summed E-state index contributed by atoms with van der Waals surface area (Å²) in [5.74, 6) is 0.258. The lowest BCUT2D eigenvalue weighted by Crippen LogP contribution is -2.28. The van der Waals surface area contributed by atoms with Crippen LogP contribution in [0.2, 0.25) is 0 Å². The Kier molecular flexibility index (Phi) is 3.89. The highest BCUT2D eigenvalue weighted by Crippen LogP contribution is 2.26. The third-order valence-corrected chi connectivity index (χ3v) is 3.80. The lowest BCUT2D eigenvalue weighted by atomic mass is 10.1. The van der Waals surface area contributed by atoms with Gasteiger partial charge in [0, 0.05) is 31.3 Å². The number of carbonyl (C=O) groups is 2. The molecule has 8 nitrogen and oxygen atoms in total. The smallest absolute Gasteiger partial charge is 0.231 e. The topological polar surface area (TPSA) is 93.3 Å². The summed E-state index contributed by atoms with van der Waals surface area (Å²) in [5.41, 5.74) is 0.719. The molecule has 0 aromatic carbocycles. The molecular formula is C15H19N5O3. The second-order valence-electron chi connectivity index (χ2n) is 5.99. The Morgan fingerprint density at radius 2 is 2.26 bits per heavy atom. The third kappa shape index (κ3) is 3.10. The van der Waals surface area contributed by atoms with E-state index >= 15 is 0 Å². The quantitative estimate of drug-likeness (QED) is 0.927. The van der Waals surface area contributed by atoms with Gasteiger partial charge in [-0.05, 0) is 20.8 Å². The normalized spacial score (nSPS) is 18.0. The Morgan fingerprint density at radius 3 is 2.87 bits per heavy atom. The minimum absolute atomic E-state index is 0.0789. The summed E-state index contributed by atoms with van der Waals surface area (Å²) < 4.78 is 6.70. The van der Waals surface area contributed by atoms with Crippen LogP contribution in [-0.2, 0) is 9.59 Å². The Balaban J connectivity index is 1.67. The molecule has 3 heterocycles. The van der Waals surface area contributed by atoms with Crippen molar-refractivity contribution in [1.29, 1.82) is 0 Å². The van der Waals surface area contributed by atoms with Crippen LogP contribution in [0.5, 0.6) is 0 Å². The number of amides is 2. The van der Waals surface area contributed by atoms with Crippen molar-refractivity contribution < 1.29 is 14.1 Å². The maximum atomic E-state index is 12.3. The van der Waals surface area contributed by atoms with E-state index in [2.05, 4.69) is 15.6 Å². The molecule has 0 bridgehead atoms. The molecule has 0 saturated carbocycles. The highest BCUT2D eigenvalue weighted by molar-refractivity contribution is 6.03. The third-order valence-electron chi connectivity index (χ3n) is 3.80. The van der Waals surface area contributed by atoms with Gasteiger partial charge in [-0.1, -0.05) is 5.16 Å². The van der Waals surface area contributed by atoms with Gasteiger partial charge >= 0.3 is 0 Å². The van der Waals surface area contributed by atoms with Crippen molar-refractivity contribution in [2.45, 2.75) is 33.2 Å². The minimum atomic E-state index is -0.415. The van der Waals surface area contributed by atoms with E-state index in [0.29, 0.717) is 18.1 Å². The van der Waals surface area contributed by atoms with Crippen molar-refractivity contribution in [2.24, 2.45) is 5.92 Å². The molecule has 1 aliphatic heterocycles. The first kappa shape index (κ1) is 15.3. The molecule has 23 heavy (non-hydrogen) atoms. The largest absolute Gasteiger partial charge is 0.360 e. The molecule has 2 amide bonds. The second-order valence-corrected chi connectivity index (χ2v) is 5.99. The van der Waals surface area contributed by atoms with Crippen LogP contribution in [-0.4, -0.2) is 33.3 Å². The van der Waals surface area contributed by atoms with Crippen LogP contribution >= 0.6 is 0 Å². The summed E-state index contributed by atoms with van der Waals surface area (Å²) in [4.78, 5) is 26.1. The highest BCUT2D eigenvalue weighted by atomic mass is 16.5. The molecule has 0 radical (unpaired) electrons. The Bertz CT molecular complexity index is 733. The van der Waals surface area contributed by atoms with Gasteiger partial charge in [-0.3, -0.25) is 14.3 Å². The molecule has 122 valence electrons. The second kappa shape index (κ2) is 5.86. The first-order valence-corrected chi connectivity index (χ1v) is 7.52. The van der Waals surface area contributed by atoms with Gasteiger partial charge in [0.15, 0.2) is 5.82 Å². The van der Waals surface area contributed by atoms with Crippen LogP contribution in [0.1, 0.15) is 32.1 Å². The average Bonchev–Trinajstić information content (AvgIpc) is 3.18. The Labute approximate surface area is 133 Å². The molecule has 1 N–H and O–H groups in total. The zero-order chi connectivity index (χ0) is 16.6. The number of hydrogen-bond donors (Lipinski definition) is 1.